The van der Waals surface area contributed by atoms with E-state index in [-0.39, 0.29) is 0 Å². The zero-order valence-electron chi connectivity index (χ0n) is 7.03. The molecule has 0 aromatic heterocycles. The molecule has 0 unspecified atom stereocenters. The van der Waals surface area contributed by atoms with Crippen LogP contribution in [0.3, 0.4) is 0 Å². The van der Waals surface area contributed by atoms with Gasteiger partial charge in [0.2, 0.25) is 0 Å². The van der Waals surface area contributed by atoms with E-state index in [1.54, 1.807) is 0 Å². The van der Waals surface area contributed by atoms with Crippen molar-refractivity contribution in [3.05, 3.63) is 11.6 Å². The number of halogens is 5. The normalized spacial score (nSPS) is 14.3. The summed E-state index contributed by atoms with van der Waals surface area (Å²) in [7, 11) is 0. The number of alkyl halides is 5. The maximum atomic E-state index is 12.3. The lowest BCUT2D eigenvalue weighted by molar-refractivity contribution is -0.259. The van der Waals surface area contributed by atoms with E-state index in [4.69, 9.17) is 5.11 Å². The Bertz CT molecular complexity index is 253. The molecule has 14 heavy (non-hydrogen) atoms. The highest BCUT2D eigenvalue weighted by Crippen LogP contribution is 2.37. The lowest BCUT2D eigenvalue weighted by Crippen LogP contribution is -2.35. The largest absolute Gasteiger partial charge is 0.478 e. The molecule has 0 aromatic rings. The molecule has 0 amide bonds. The smallest absolute Gasteiger partial charge is 0.457 e. The molecule has 1 N–H and O–H groups in total. The molecule has 0 aromatic carbocycles. The van der Waals surface area contributed by atoms with Crippen molar-refractivity contribution < 1.29 is 31.9 Å². The van der Waals surface area contributed by atoms with Gasteiger partial charge in [-0.3, -0.25) is 0 Å². The van der Waals surface area contributed by atoms with Gasteiger partial charge in [-0.05, 0) is 6.42 Å². The topological polar surface area (TPSA) is 37.3 Å². The summed E-state index contributed by atoms with van der Waals surface area (Å²) in [6.07, 6.45) is -6.74. The summed E-state index contributed by atoms with van der Waals surface area (Å²) in [5.41, 5.74) is -0.965. The highest BCUT2D eigenvalue weighted by molar-refractivity contribution is 5.86. The van der Waals surface area contributed by atoms with E-state index >= 15 is 0 Å². The zero-order chi connectivity index (χ0) is 11.6. The summed E-state index contributed by atoms with van der Waals surface area (Å²) >= 11 is 0. The Balaban J connectivity index is 5.03. The number of allylic oxidation sites excluding steroid dienone is 1. The fourth-order valence-corrected chi connectivity index (χ4v) is 0.616. The van der Waals surface area contributed by atoms with Gasteiger partial charge in [-0.1, -0.05) is 6.92 Å². The SMILES string of the molecule is CCC(=CC(F)(F)C(F)(F)F)C(=O)O. The van der Waals surface area contributed by atoms with Crippen LogP contribution in [0.15, 0.2) is 11.6 Å². The van der Waals surface area contributed by atoms with Gasteiger partial charge in [-0.25, -0.2) is 4.79 Å². The highest BCUT2D eigenvalue weighted by atomic mass is 19.4. The molecule has 0 aliphatic heterocycles. The van der Waals surface area contributed by atoms with E-state index in [0.29, 0.717) is 0 Å². The molecule has 0 rings (SSSR count). The van der Waals surface area contributed by atoms with Crippen molar-refractivity contribution in [2.75, 3.05) is 0 Å². The molecule has 0 radical (unpaired) electrons. The average molecular weight is 218 g/mol. The Hall–Kier alpha value is -1.14. The fourth-order valence-electron chi connectivity index (χ4n) is 0.616. The number of rotatable bonds is 3. The van der Waals surface area contributed by atoms with Gasteiger partial charge in [-0.2, -0.15) is 22.0 Å². The minimum absolute atomic E-state index is 0.402. The van der Waals surface area contributed by atoms with Crippen molar-refractivity contribution in [1.29, 1.82) is 0 Å². The van der Waals surface area contributed by atoms with Crippen LogP contribution in [0.1, 0.15) is 13.3 Å². The second-order valence-electron chi connectivity index (χ2n) is 2.45. The molecule has 0 spiro atoms. The summed E-state index contributed by atoms with van der Waals surface area (Å²) in [6.45, 7) is 1.17. The van der Waals surface area contributed by atoms with Crippen molar-refractivity contribution in [3.8, 4) is 0 Å². The molecule has 0 bridgehead atoms. The Kier molecular flexibility index (Phi) is 3.61. The Morgan fingerprint density at radius 3 is 1.93 bits per heavy atom. The molecule has 0 aliphatic rings. The van der Waals surface area contributed by atoms with Crippen LogP contribution >= 0.6 is 0 Å². The van der Waals surface area contributed by atoms with Crippen molar-refractivity contribution in [2.45, 2.75) is 25.4 Å². The van der Waals surface area contributed by atoms with Gasteiger partial charge in [0.25, 0.3) is 0 Å². The van der Waals surface area contributed by atoms with E-state index in [2.05, 4.69) is 0 Å². The number of carboxylic acids is 1. The minimum Gasteiger partial charge on any atom is -0.478 e. The first-order valence-corrected chi connectivity index (χ1v) is 3.51. The average Bonchev–Trinajstić information content (AvgIpc) is 1.97. The molecule has 82 valence electrons. The van der Waals surface area contributed by atoms with Crippen LogP contribution in [0.25, 0.3) is 0 Å². The molecule has 2 nitrogen and oxygen atoms in total. The molecular formula is C7H7F5O2. The number of aliphatic carboxylic acids is 1. The van der Waals surface area contributed by atoms with Crippen molar-refractivity contribution in [1.82, 2.24) is 0 Å². The third-order valence-corrected chi connectivity index (χ3v) is 1.39. The number of carbonyl (C=O) groups is 1. The van der Waals surface area contributed by atoms with E-state index in [0.717, 1.165) is 0 Å². The van der Waals surface area contributed by atoms with Crippen LogP contribution in [-0.4, -0.2) is 23.2 Å². The summed E-state index contributed by atoms with van der Waals surface area (Å²) in [5.74, 6) is -6.88. The van der Waals surface area contributed by atoms with Gasteiger partial charge in [0.1, 0.15) is 0 Å². The first-order valence-electron chi connectivity index (χ1n) is 3.51. The van der Waals surface area contributed by atoms with Gasteiger partial charge < -0.3 is 5.11 Å². The Morgan fingerprint density at radius 1 is 1.29 bits per heavy atom. The lowest BCUT2D eigenvalue weighted by atomic mass is 10.1. The van der Waals surface area contributed by atoms with Crippen LogP contribution < -0.4 is 0 Å². The summed E-state index contributed by atoms with van der Waals surface area (Å²) in [6, 6.07) is 0. The van der Waals surface area contributed by atoms with Gasteiger partial charge in [0.05, 0.1) is 0 Å². The standard InChI is InChI=1S/C7H7F5O2/c1-2-4(5(13)14)3-6(8,9)7(10,11)12/h3H,2H2,1H3,(H,13,14). The van der Waals surface area contributed by atoms with E-state index in [9.17, 15) is 26.7 Å². The maximum Gasteiger partial charge on any atom is 0.457 e. The van der Waals surface area contributed by atoms with Crippen molar-refractivity contribution in [3.63, 3.8) is 0 Å². The molecule has 0 aliphatic carbocycles. The minimum atomic E-state index is -5.76. The molecule has 7 heteroatoms. The van der Waals surface area contributed by atoms with Crippen LogP contribution in [0.2, 0.25) is 0 Å². The fraction of sp³-hybridized carbons (Fsp3) is 0.571. The second kappa shape index (κ2) is 3.93. The van der Waals surface area contributed by atoms with Crippen molar-refractivity contribution >= 4 is 5.97 Å². The van der Waals surface area contributed by atoms with Crippen molar-refractivity contribution in [2.24, 2.45) is 0 Å². The van der Waals surface area contributed by atoms with Crippen LogP contribution in [0.5, 0.6) is 0 Å². The van der Waals surface area contributed by atoms with Gasteiger partial charge in [0.15, 0.2) is 0 Å². The number of carboxylic acid groups (broad SMARTS) is 1. The Morgan fingerprint density at radius 2 is 1.71 bits per heavy atom. The first kappa shape index (κ1) is 12.9. The summed E-state index contributed by atoms with van der Waals surface area (Å²) in [5, 5.41) is 8.23. The summed E-state index contributed by atoms with van der Waals surface area (Å²) < 4.78 is 59.3. The predicted molar refractivity (Wildman–Crippen MR) is 37.0 cm³/mol. The third kappa shape index (κ3) is 2.97. The lowest BCUT2D eigenvalue weighted by Gasteiger charge is -2.16. The van der Waals surface area contributed by atoms with Gasteiger partial charge in [0, 0.05) is 11.6 Å². The second-order valence-corrected chi connectivity index (χ2v) is 2.45. The third-order valence-electron chi connectivity index (χ3n) is 1.39. The molecule has 0 atom stereocenters. The molecule has 0 heterocycles. The molecule has 0 fully saturated rings. The predicted octanol–water partition coefficient (Wildman–Crippen LogP) is 2.61. The van der Waals surface area contributed by atoms with E-state index in [1.165, 1.54) is 6.92 Å². The van der Waals surface area contributed by atoms with Gasteiger partial charge >= 0.3 is 18.1 Å². The monoisotopic (exact) mass is 218 g/mol. The number of hydrogen-bond acceptors (Lipinski definition) is 1. The van der Waals surface area contributed by atoms with Gasteiger partial charge in [-0.15, -0.1) is 0 Å². The maximum absolute atomic E-state index is 12.3. The zero-order valence-corrected chi connectivity index (χ0v) is 7.03. The molecule has 0 saturated heterocycles. The van der Waals surface area contributed by atoms with Crippen LogP contribution in [-0.2, 0) is 4.79 Å². The quantitative estimate of drug-likeness (QED) is 0.584. The molecular weight excluding hydrogens is 211 g/mol. The summed E-state index contributed by atoms with van der Waals surface area (Å²) in [4.78, 5) is 10.2. The van der Waals surface area contributed by atoms with E-state index < -0.39 is 36.1 Å². The number of hydrogen-bond donors (Lipinski definition) is 1. The highest BCUT2D eigenvalue weighted by Gasteiger charge is 2.56. The van der Waals surface area contributed by atoms with Crippen LogP contribution in [0.4, 0.5) is 22.0 Å². The molecule has 0 saturated carbocycles. The van der Waals surface area contributed by atoms with Crippen LogP contribution in [0, 0.1) is 0 Å². The first-order chi connectivity index (χ1) is 6.12. The Labute approximate surface area is 76.0 Å². The van der Waals surface area contributed by atoms with E-state index in [1.807, 2.05) is 0 Å².